The number of benzene rings is 2. The SMILES string of the molecule is C[C@@H]1CN(C(=O)COC(=O)c2ccccc2N=Nc2ccc(O)cc2)C[C@@H](C)O1. The third-order valence-electron chi connectivity index (χ3n) is 4.35. The first-order chi connectivity index (χ1) is 13.9. The Labute approximate surface area is 168 Å². The highest BCUT2D eigenvalue weighted by molar-refractivity contribution is 5.96. The number of morpholine rings is 1. The third kappa shape index (κ3) is 5.61. The Morgan fingerprint density at radius 1 is 1.07 bits per heavy atom. The minimum absolute atomic E-state index is 0.0561. The van der Waals surface area contributed by atoms with Crippen LogP contribution < -0.4 is 0 Å². The van der Waals surface area contributed by atoms with Crippen molar-refractivity contribution in [2.24, 2.45) is 10.2 Å². The molecule has 3 rings (SSSR count). The van der Waals surface area contributed by atoms with Gasteiger partial charge in [-0.2, -0.15) is 5.11 Å². The lowest BCUT2D eigenvalue weighted by molar-refractivity contribution is -0.146. The lowest BCUT2D eigenvalue weighted by Gasteiger charge is -2.35. The summed E-state index contributed by atoms with van der Waals surface area (Å²) in [5.41, 5.74) is 1.06. The number of ether oxygens (including phenoxy) is 2. The first-order valence-electron chi connectivity index (χ1n) is 9.32. The van der Waals surface area contributed by atoms with Crippen LogP contribution in [0.25, 0.3) is 0 Å². The van der Waals surface area contributed by atoms with Gasteiger partial charge < -0.3 is 19.5 Å². The van der Waals surface area contributed by atoms with Gasteiger partial charge in [-0.15, -0.1) is 5.11 Å². The molecule has 2 aromatic carbocycles. The molecule has 29 heavy (non-hydrogen) atoms. The predicted octanol–water partition coefficient (Wildman–Crippen LogP) is 3.60. The van der Waals surface area contributed by atoms with Gasteiger partial charge in [0.2, 0.25) is 0 Å². The average molecular weight is 397 g/mol. The summed E-state index contributed by atoms with van der Waals surface area (Å²) in [5, 5.41) is 17.5. The van der Waals surface area contributed by atoms with Gasteiger partial charge in [0.15, 0.2) is 6.61 Å². The maximum atomic E-state index is 12.5. The van der Waals surface area contributed by atoms with Crippen LogP contribution in [0, 0.1) is 0 Å². The van der Waals surface area contributed by atoms with Gasteiger partial charge in [0.1, 0.15) is 11.4 Å². The van der Waals surface area contributed by atoms with Crippen molar-refractivity contribution in [2.45, 2.75) is 26.1 Å². The molecule has 1 N–H and O–H groups in total. The number of hydrogen-bond acceptors (Lipinski definition) is 7. The standard InChI is InChI=1S/C21H23N3O5/c1-14-11-24(12-15(2)29-14)20(26)13-28-21(27)18-5-3-4-6-19(18)23-22-16-7-9-17(25)10-8-16/h3-10,14-15,25H,11-13H2,1-2H3/t14-,15-/m1/s1. The number of nitrogens with zero attached hydrogens (tertiary/aromatic N) is 3. The fourth-order valence-electron chi connectivity index (χ4n) is 3.04. The van der Waals surface area contributed by atoms with Crippen LogP contribution in [0.2, 0.25) is 0 Å². The van der Waals surface area contributed by atoms with Gasteiger partial charge in [-0.05, 0) is 50.2 Å². The number of carbonyl (C=O) groups is 2. The number of hydrogen-bond donors (Lipinski definition) is 1. The quantitative estimate of drug-likeness (QED) is 0.614. The summed E-state index contributed by atoms with van der Waals surface area (Å²) in [6, 6.07) is 12.8. The van der Waals surface area contributed by atoms with Crippen LogP contribution in [0.5, 0.6) is 5.75 Å². The zero-order valence-corrected chi connectivity index (χ0v) is 16.3. The van der Waals surface area contributed by atoms with Crippen molar-refractivity contribution in [1.82, 2.24) is 4.90 Å². The smallest absolute Gasteiger partial charge is 0.340 e. The molecule has 0 unspecified atom stereocenters. The molecular weight excluding hydrogens is 374 g/mol. The van der Waals surface area contributed by atoms with E-state index >= 15 is 0 Å². The highest BCUT2D eigenvalue weighted by atomic mass is 16.5. The van der Waals surface area contributed by atoms with Crippen molar-refractivity contribution in [2.75, 3.05) is 19.7 Å². The van der Waals surface area contributed by atoms with E-state index in [1.165, 1.54) is 12.1 Å². The lowest BCUT2D eigenvalue weighted by atomic mass is 10.2. The van der Waals surface area contributed by atoms with E-state index in [-0.39, 0.29) is 36.0 Å². The molecule has 1 aliphatic rings. The van der Waals surface area contributed by atoms with E-state index in [2.05, 4.69) is 10.2 Å². The maximum absolute atomic E-state index is 12.5. The van der Waals surface area contributed by atoms with Gasteiger partial charge in [-0.3, -0.25) is 4.79 Å². The van der Waals surface area contributed by atoms with Crippen LogP contribution >= 0.6 is 0 Å². The van der Waals surface area contributed by atoms with E-state index < -0.39 is 5.97 Å². The second-order valence-corrected chi connectivity index (χ2v) is 6.87. The first kappa shape index (κ1) is 20.5. The van der Waals surface area contributed by atoms with Crippen molar-refractivity contribution in [3.8, 4) is 5.75 Å². The Hall–Kier alpha value is -3.26. The summed E-state index contributed by atoms with van der Waals surface area (Å²) in [6.07, 6.45) is -0.112. The fourth-order valence-corrected chi connectivity index (χ4v) is 3.04. The normalized spacial score (nSPS) is 19.3. The molecule has 0 radical (unpaired) electrons. The molecular formula is C21H23N3O5. The highest BCUT2D eigenvalue weighted by Crippen LogP contribution is 2.24. The highest BCUT2D eigenvalue weighted by Gasteiger charge is 2.26. The van der Waals surface area contributed by atoms with Gasteiger partial charge in [-0.1, -0.05) is 12.1 Å². The van der Waals surface area contributed by atoms with Gasteiger partial charge in [-0.25, -0.2) is 4.79 Å². The average Bonchev–Trinajstić information content (AvgIpc) is 2.71. The van der Waals surface area contributed by atoms with Crippen molar-refractivity contribution < 1.29 is 24.2 Å². The molecule has 1 heterocycles. The molecule has 0 bridgehead atoms. The van der Waals surface area contributed by atoms with Gasteiger partial charge in [0.05, 0.1) is 23.5 Å². The molecule has 0 spiro atoms. The van der Waals surface area contributed by atoms with E-state index in [0.717, 1.165) is 0 Å². The molecule has 8 nitrogen and oxygen atoms in total. The zero-order chi connectivity index (χ0) is 20.8. The second-order valence-electron chi connectivity index (χ2n) is 6.87. The van der Waals surface area contributed by atoms with E-state index in [1.807, 2.05) is 13.8 Å². The van der Waals surface area contributed by atoms with Gasteiger partial charge >= 0.3 is 5.97 Å². The Morgan fingerprint density at radius 2 is 1.72 bits per heavy atom. The molecule has 152 valence electrons. The van der Waals surface area contributed by atoms with Crippen LogP contribution in [0.15, 0.2) is 58.8 Å². The second kappa shape index (κ2) is 9.29. The van der Waals surface area contributed by atoms with E-state index in [1.54, 1.807) is 41.3 Å². The molecule has 0 aliphatic carbocycles. The molecule has 1 fully saturated rings. The summed E-state index contributed by atoms with van der Waals surface area (Å²) >= 11 is 0. The Bertz CT molecular complexity index is 887. The summed E-state index contributed by atoms with van der Waals surface area (Å²) in [7, 11) is 0. The molecule has 0 saturated carbocycles. The van der Waals surface area contributed by atoms with Crippen molar-refractivity contribution in [3.63, 3.8) is 0 Å². The summed E-state index contributed by atoms with van der Waals surface area (Å²) in [6.45, 7) is 4.40. The molecule has 8 heteroatoms. The lowest BCUT2D eigenvalue weighted by Crippen LogP contribution is -2.49. The Morgan fingerprint density at radius 3 is 2.41 bits per heavy atom. The fraction of sp³-hybridized carbons (Fsp3) is 0.333. The molecule has 1 saturated heterocycles. The number of esters is 1. The summed E-state index contributed by atoms with van der Waals surface area (Å²) < 4.78 is 10.8. The topological polar surface area (TPSA) is 101 Å². The zero-order valence-electron chi connectivity index (χ0n) is 16.3. The van der Waals surface area contributed by atoms with Crippen LogP contribution in [0.1, 0.15) is 24.2 Å². The summed E-state index contributed by atoms with van der Waals surface area (Å²) in [5.74, 6) is -0.779. The van der Waals surface area contributed by atoms with Crippen LogP contribution in [-0.2, 0) is 14.3 Å². The number of rotatable bonds is 5. The van der Waals surface area contributed by atoms with Crippen LogP contribution in [-0.4, -0.2) is 53.8 Å². The molecule has 2 atom stereocenters. The predicted molar refractivity (Wildman–Crippen MR) is 106 cm³/mol. The van der Waals surface area contributed by atoms with Crippen LogP contribution in [0.4, 0.5) is 11.4 Å². The molecule has 1 aliphatic heterocycles. The minimum atomic E-state index is -0.645. The largest absolute Gasteiger partial charge is 0.508 e. The van der Waals surface area contributed by atoms with E-state index in [0.29, 0.717) is 24.5 Å². The third-order valence-corrected chi connectivity index (χ3v) is 4.35. The number of aromatic hydroxyl groups is 1. The van der Waals surface area contributed by atoms with E-state index in [9.17, 15) is 14.7 Å². The minimum Gasteiger partial charge on any atom is -0.508 e. The molecule has 1 amide bonds. The summed E-state index contributed by atoms with van der Waals surface area (Å²) in [4.78, 5) is 26.5. The monoisotopic (exact) mass is 397 g/mol. The first-order valence-corrected chi connectivity index (χ1v) is 9.32. The maximum Gasteiger partial charge on any atom is 0.340 e. The van der Waals surface area contributed by atoms with Gasteiger partial charge in [0.25, 0.3) is 5.91 Å². The van der Waals surface area contributed by atoms with Crippen molar-refractivity contribution >= 4 is 23.3 Å². The van der Waals surface area contributed by atoms with E-state index in [4.69, 9.17) is 9.47 Å². The number of phenols is 1. The van der Waals surface area contributed by atoms with Crippen LogP contribution in [0.3, 0.4) is 0 Å². The molecule has 2 aromatic rings. The van der Waals surface area contributed by atoms with Crippen molar-refractivity contribution in [1.29, 1.82) is 0 Å². The number of amides is 1. The van der Waals surface area contributed by atoms with Crippen molar-refractivity contribution in [3.05, 3.63) is 54.1 Å². The number of azo groups is 1. The van der Waals surface area contributed by atoms with Gasteiger partial charge in [0, 0.05) is 13.1 Å². The Kier molecular flexibility index (Phi) is 6.56. The Balaban J connectivity index is 1.64. The number of phenolic OH excluding ortho intramolecular Hbond substituents is 1. The number of carbonyl (C=O) groups excluding carboxylic acids is 2. The molecule has 0 aromatic heterocycles.